The van der Waals surface area contributed by atoms with Gasteiger partial charge in [-0.05, 0) is 49.9 Å². The minimum atomic E-state index is 0.437. The molecule has 1 fully saturated rings. The average Bonchev–Trinajstić information content (AvgIpc) is 2.88. The number of hydrogen-bond acceptors (Lipinski definition) is 3. The van der Waals surface area contributed by atoms with Gasteiger partial charge in [-0.3, -0.25) is 4.98 Å². The second-order valence-electron chi connectivity index (χ2n) is 4.60. The van der Waals surface area contributed by atoms with Gasteiger partial charge < -0.3 is 10.1 Å². The van der Waals surface area contributed by atoms with E-state index < -0.39 is 0 Å². The zero-order valence-electron chi connectivity index (χ0n) is 10.6. The van der Waals surface area contributed by atoms with E-state index in [1.54, 1.807) is 0 Å². The van der Waals surface area contributed by atoms with Gasteiger partial charge in [0.1, 0.15) is 0 Å². The number of rotatable bonds is 6. The molecule has 0 amide bonds. The smallest absolute Gasteiger partial charge is 0.0576 e. The van der Waals surface area contributed by atoms with Crippen LogP contribution in [0, 0.1) is 0 Å². The van der Waals surface area contributed by atoms with Gasteiger partial charge in [0.15, 0.2) is 0 Å². The van der Waals surface area contributed by atoms with E-state index in [9.17, 15) is 0 Å². The fourth-order valence-electron chi connectivity index (χ4n) is 2.45. The van der Waals surface area contributed by atoms with E-state index in [2.05, 4.69) is 29.4 Å². The monoisotopic (exact) mass is 234 g/mol. The Labute approximate surface area is 104 Å². The van der Waals surface area contributed by atoms with Gasteiger partial charge >= 0.3 is 0 Å². The first-order valence-corrected chi connectivity index (χ1v) is 6.65. The molecule has 1 saturated heterocycles. The van der Waals surface area contributed by atoms with Crippen LogP contribution in [-0.2, 0) is 4.74 Å². The van der Waals surface area contributed by atoms with Crippen molar-refractivity contribution >= 4 is 0 Å². The highest BCUT2D eigenvalue weighted by molar-refractivity contribution is 5.14. The van der Waals surface area contributed by atoms with E-state index in [4.69, 9.17) is 4.74 Å². The van der Waals surface area contributed by atoms with Crippen molar-refractivity contribution < 1.29 is 4.74 Å². The molecule has 2 heterocycles. The average molecular weight is 234 g/mol. The Hall–Kier alpha value is -0.930. The molecule has 3 nitrogen and oxygen atoms in total. The normalized spacial score (nSPS) is 21.6. The lowest BCUT2D eigenvalue weighted by atomic mass is 10.00. The van der Waals surface area contributed by atoms with Crippen molar-refractivity contribution in [2.45, 2.75) is 44.8 Å². The Morgan fingerprint density at radius 2 is 2.29 bits per heavy atom. The predicted molar refractivity (Wildman–Crippen MR) is 68.9 cm³/mol. The molecule has 2 atom stereocenters. The van der Waals surface area contributed by atoms with Crippen LogP contribution in [0.1, 0.15) is 44.2 Å². The summed E-state index contributed by atoms with van der Waals surface area (Å²) in [5.74, 6) is 0. The summed E-state index contributed by atoms with van der Waals surface area (Å²) in [7, 11) is 0. The number of nitrogens with zero attached hydrogens (tertiary/aromatic N) is 1. The van der Waals surface area contributed by atoms with Crippen molar-refractivity contribution in [3.63, 3.8) is 0 Å². The third-order valence-electron chi connectivity index (χ3n) is 3.36. The van der Waals surface area contributed by atoms with Crippen molar-refractivity contribution in [2.75, 3.05) is 13.2 Å². The molecule has 0 saturated carbocycles. The molecular formula is C14H22N2O. The highest BCUT2D eigenvalue weighted by Crippen LogP contribution is 2.23. The SMILES string of the molecule is CCNC(CCC1CCCO1)c1ccncc1. The maximum atomic E-state index is 5.68. The molecule has 0 aliphatic carbocycles. The minimum Gasteiger partial charge on any atom is -0.378 e. The quantitative estimate of drug-likeness (QED) is 0.821. The van der Waals surface area contributed by atoms with Gasteiger partial charge in [0, 0.05) is 25.0 Å². The van der Waals surface area contributed by atoms with Crippen molar-refractivity contribution in [3.05, 3.63) is 30.1 Å². The van der Waals surface area contributed by atoms with Crippen LogP contribution < -0.4 is 5.32 Å². The van der Waals surface area contributed by atoms with Crippen LogP contribution in [0.25, 0.3) is 0 Å². The highest BCUT2D eigenvalue weighted by Gasteiger charge is 2.18. The fraction of sp³-hybridized carbons (Fsp3) is 0.643. The van der Waals surface area contributed by atoms with Gasteiger partial charge in [-0.1, -0.05) is 6.92 Å². The lowest BCUT2D eigenvalue weighted by molar-refractivity contribution is 0.0996. The van der Waals surface area contributed by atoms with Gasteiger partial charge in [0.25, 0.3) is 0 Å². The van der Waals surface area contributed by atoms with Crippen LogP contribution in [0.5, 0.6) is 0 Å². The summed E-state index contributed by atoms with van der Waals surface area (Å²) < 4.78 is 5.68. The van der Waals surface area contributed by atoms with Crippen LogP contribution in [-0.4, -0.2) is 24.2 Å². The summed E-state index contributed by atoms with van der Waals surface area (Å²) in [4.78, 5) is 4.07. The number of hydrogen-bond donors (Lipinski definition) is 1. The van der Waals surface area contributed by atoms with E-state index in [0.29, 0.717) is 12.1 Å². The first-order chi connectivity index (χ1) is 8.40. The lowest BCUT2D eigenvalue weighted by Crippen LogP contribution is -2.22. The highest BCUT2D eigenvalue weighted by atomic mass is 16.5. The standard InChI is InChI=1S/C14H22N2O/c1-2-16-14(12-7-9-15-10-8-12)6-5-13-4-3-11-17-13/h7-10,13-14,16H,2-6,11H2,1H3. The van der Waals surface area contributed by atoms with Gasteiger partial charge in [-0.15, -0.1) is 0 Å². The molecule has 1 aromatic rings. The lowest BCUT2D eigenvalue weighted by Gasteiger charge is -2.19. The Bertz CT molecular complexity index is 309. The molecule has 1 N–H and O–H groups in total. The second kappa shape index (κ2) is 6.72. The molecular weight excluding hydrogens is 212 g/mol. The second-order valence-corrected chi connectivity index (χ2v) is 4.60. The fourth-order valence-corrected chi connectivity index (χ4v) is 2.45. The first kappa shape index (κ1) is 12.5. The Balaban J connectivity index is 1.88. The summed E-state index contributed by atoms with van der Waals surface area (Å²) >= 11 is 0. The molecule has 1 aromatic heterocycles. The van der Waals surface area contributed by atoms with Gasteiger partial charge in [0.2, 0.25) is 0 Å². The topological polar surface area (TPSA) is 34.1 Å². The molecule has 17 heavy (non-hydrogen) atoms. The summed E-state index contributed by atoms with van der Waals surface area (Å²) in [5, 5.41) is 3.54. The Morgan fingerprint density at radius 3 is 2.94 bits per heavy atom. The van der Waals surface area contributed by atoms with E-state index in [1.807, 2.05) is 12.4 Å². The third-order valence-corrected chi connectivity index (χ3v) is 3.36. The van der Waals surface area contributed by atoms with Crippen molar-refractivity contribution in [1.29, 1.82) is 0 Å². The third kappa shape index (κ3) is 3.79. The zero-order valence-corrected chi connectivity index (χ0v) is 10.6. The van der Waals surface area contributed by atoms with E-state index in [-0.39, 0.29) is 0 Å². The van der Waals surface area contributed by atoms with Crippen LogP contribution in [0.2, 0.25) is 0 Å². The van der Waals surface area contributed by atoms with Gasteiger partial charge in [0.05, 0.1) is 6.10 Å². The molecule has 0 radical (unpaired) electrons. The number of ether oxygens (including phenoxy) is 1. The molecule has 3 heteroatoms. The van der Waals surface area contributed by atoms with Gasteiger partial charge in [-0.25, -0.2) is 0 Å². The largest absolute Gasteiger partial charge is 0.378 e. The summed E-state index contributed by atoms with van der Waals surface area (Å²) in [5.41, 5.74) is 1.33. The molecule has 0 aromatic carbocycles. The van der Waals surface area contributed by atoms with Crippen molar-refractivity contribution in [2.24, 2.45) is 0 Å². The van der Waals surface area contributed by atoms with Crippen LogP contribution >= 0.6 is 0 Å². The molecule has 1 aliphatic rings. The number of aromatic nitrogens is 1. The maximum absolute atomic E-state index is 5.68. The van der Waals surface area contributed by atoms with E-state index in [0.717, 1.165) is 26.0 Å². The van der Waals surface area contributed by atoms with Crippen LogP contribution in [0.4, 0.5) is 0 Å². The first-order valence-electron chi connectivity index (χ1n) is 6.65. The molecule has 0 bridgehead atoms. The predicted octanol–water partition coefficient (Wildman–Crippen LogP) is 2.69. The minimum absolute atomic E-state index is 0.437. The Kier molecular flexibility index (Phi) is 4.95. The van der Waals surface area contributed by atoms with Crippen molar-refractivity contribution in [3.8, 4) is 0 Å². The molecule has 0 spiro atoms. The number of nitrogens with one attached hydrogen (secondary N) is 1. The molecule has 2 rings (SSSR count). The number of pyridine rings is 1. The van der Waals surface area contributed by atoms with Crippen LogP contribution in [0.15, 0.2) is 24.5 Å². The Morgan fingerprint density at radius 1 is 1.47 bits per heavy atom. The maximum Gasteiger partial charge on any atom is 0.0576 e. The molecule has 2 unspecified atom stereocenters. The molecule has 94 valence electrons. The molecule has 1 aliphatic heterocycles. The zero-order chi connectivity index (χ0) is 11.9. The van der Waals surface area contributed by atoms with Crippen molar-refractivity contribution in [1.82, 2.24) is 10.3 Å². The van der Waals surface area contributed by atoms with Crippen LogP contribution in [0.3, 0.4) is 0 Å². The van der Waals surface area contributed by atoms with E-state index in [1.165, 1.54) is 18.4 Å². The summed E-state index contributed by atoms with van der Waals surface area (Å²) in [6.07, 6.45) is 8.97. The van der Waals surface area contributed by atoms with Gasteiger partial charge in [-0.2, -0.15) is 0 Å². The van der Waals surface area contributed by atoms with E-state index >= 15 is 0 Å². The summed E-state index contributed by atoms with van der Waals surface area (Å²) in [6.45, 7) is 4.10. The summed E-state index contributed by atoms with van der Waals surface area (Å²) in [6, 6.07) is 4.64.